The maximum atomic E-state index is 13.5. The number of aromatic nitrogens is 4. The molecule has 2 aromatic carbocycles. The number of carbonyl (C=O) groups is 3. The first-order valence-corrected chi connectivity index (χ1v) is 18.0. The van der Waals surface area contributed by atoms with E-state index in [9.17, 15) is 14.4 Å². The average Bonchev–Trinajstić information content (AvgIpc) is 3.96. The number of hydrogen-bond acceptors (Lipinski definition) is 6. The standard InChI is InChI=1S/C39H47N7O4/c1-23(2)24(3)37(47)45-20-6-10-32(45)35-40-22-31(42-35)27-16-12-25(13-17-27)26-14-18-28(19-15-26)34-29-8-5-9-30(43-39(49)50-4)38(48)46-21-7-11-33(46)36(41-29)44-34/h12-19,22-24,30,32-33H,5-11,20-21H2,1-4H3,(H,40,42)(H,41,44)(H,43,49)/t24-,30-,32-,33-/m0/s1. The third-order valence-electron chi connectivity index (χ3n) is 10.9. The zero-order chi connectivity index (χ0) is 34.9. The van der Waals surface area contributed by atoms with Gasteiger partial charge in [0.05, 0.1) is 30.6 Å². The summed E-state index contributed by atoms with van der Waals surface area (Å²) in [5.74, 6) is 2.09. The largest absolute Gasteiger partial charge is 0.453 e. The molecule has 3 amide bonds. The summed E-state index contributed by atoms with van der Waals surface area (Å²) in [6.07, 6.45) is 6.94. The van der Waals surface area contributed by atoms with Crippen molar-refractivity contribution in [2.45, 2.75) is 83.8 Å². The molecule has 262 valence electrons. The summed E-state index contributed by atoms with van der Waals surface area (Å²) in [6, 6.07) is 16.1. The first-order valence-electron chi connectivity index (χ1n) is 18.0. The zero-order valence-electron chi connectivity index (χ0n) is 29.4. The molecule has 0 unspecified atom stereocenters. The number of hydrogen-bond donors (Lipinski definition) is 3. The van der Waals surface area contributed by atoms with E-state index in [1.54, 1.807) is 0 Å². The zero-order valence-corrected chi connectivity index (χ0v) is 29.4. The maximum Gasteiger partial charge on any atom is 0.407 e. The van der Waals surface area contributed by atoms with Gasteiger partial charge in [-0.3, -0.25) is 9.59 Å². The van der Waals surface area contributed by atoms with Crippen molar-refractivity contribution in [2.24, 2.45) is 11.8 Å². The highest BCUT2D eigenvalue weighted by Crippen LogP contribution is 2.37. The van der Waals surface area contributed by atoms with Crippen molar-refractivity contribution in [3.05, 3.63) is 72.1 Å². The van der Waals surface area contributed by atoms with Crippen LogP contribution in [0, 0.1) is 11.8 Å². The Hall–Kier alpha value is -4.93. The number of imidazole rings is 2. The number of amides is 3. The van der Waals surface area contributed by atoms with Crippen molar-refractivity contribution in [1.29, 1.82) is 0 Å². The van der Waals surface area contributed by atoms with Crippen LogP contribution < -0.4 is 5.32 Å². The Morgan fingerprint density at radius 1 is 0.840 bits per heavy atom. The number of fused-ring (bicyclic) bond motifs is 4. The molecule has 3 aliphatic heterocycles. The third-order valence-corrected chi connectivity index (χ3v) is 10.9. The van der Waals surface area contributed by atoms with Crippen LogP contribution >= 0.6 is 0 Å². The van der Waals surface area contributed by atoms with Gasteiger partial charge in [-0.25, -0.2) is 14.8 Å². The molecule has 11 heteroatoms. The van der Waals surface area contributed by atoms with Gasteiger partial charge in [-0.05, 0) is 62.0 Å². The number of rotatable bonds is 7. The van der Waals surface area contributed by atoms with Gasteiger partial charge in [0, 0.05) is 42.0 Å². The molecule has 5 heterocycles. The number of nitrogens with zero attached hydrogens (tertiary/aromatic N) is 4. The van der Waals surface area contributed by atoms with E-state index in [4.69, 9.17) is 14.7 Å². The third kappa shape index (κ3) is 6.53. The number of methoxy groups -OCH3 is 1. The average molecular weight is 678 g/mol. The topological polar surface area (TPSA) is 136 Å². The fourth-order valence-electron chi connectivity index (χ4n) is 7.63. The van der Waals surface area contributed by atoms with Crippen molar-refractivity contribution >= 4 is 17.9 Å². The summed E-state index contributed by atoms with van der Waals surface area (Å²) in [6.45, 7) is 7.64. The molecule has 2 saturated heterocycles. The molecule has 0 aliphatic carbocycles. The minimum absolute atomic E-state index is 0.00582. The first kappa shape index (κ1) is 33.6. The SMILES string of the molecule is COC(=O)N[C@H]1CCCc2[nH]c(nc2-c2ccc(-c3ccc(-c4c[nH]c([C@@H]5CCCN5C(=O)[C@@H](C)C(C)C)n4)cc3)cc2)[C@@H]2CCCN2C1=O. The highest BCUT2D eigenvalue weighted by atomic mass is 16.5. The molecule has 0 saturated carbocycles. The molecule has 3 aliphatic rings. The summed E-state index contributed by atoms with van der Waals surface area (Å²) in [5, 5.41) is 2.75. The Morgan fingerprint density at radius 3 is 2.20 bits per heavy atom. The molecule has 2 aromatic heterocycles. The van der Waals surface area contributed by atoms with Crippen molar-refractivity contribution in [3.8, 4) is 33.6 Å². The van der Waals surface area contributed by atoms with E-state index in [0.29, 0.717) is 31.7 Å². The van der Waals surface area contributed by atoms with Gasteiger partial charge < -0.3 is 29.8 Å². The summed E-state index contributed by atoms with van der Waals surface area (Å²) in [4.78, 5) is 59.4. The van der Waals surface area contributed by atoms with Crippen LogP contribution in [0.4, 0.5) is 4.79 Å². The summed E-state index contributed by atoms with van der Waals surface area (Å²) >= 11 is 0. The number of benzene rings is 2. The minimum Gasteiger partial charge on any atom is -0.453 e. The molecular weight excluding hydrogens is 630 g/mol. The Kier molecular flexibility index (Phi) is 9.48. The van der Waals surface area contributed by atoms with Gasteiger partial charge in [0.2, 0.25) is 11.8 Å². The number of aromatic amines is 2. The lowest BCUT2D eigenvalue weighted by atomic mass is 9.96. The number of nitrogens with one attached hydrogen (secondary N) is 3. The summed E-state index contributed by atoms with van der Waals surface area (Å²) in [7, 11) is 1.31. The lowest BCUT2D eigenvalue weighted by Crippen LogP contribution is -2.48. The van der Waals surface area contributed by atoms with E-state index in [-0.39, 0.29) is 29.8 Å². The van der Waals surface area contributed by atoms with Crippen molar-refractivity contribution in [3.63, 3.8) is 0 Å². The van der Waals surface area contributed by atoms with E-state index in [2.05, 4.69) is 77.7 Å². The van der Waals surface area contributed by atoms with Gasteiger partial charge in [-0.15, -0.1) is 0 Å². The van der Waals surface area contributed by atoms with E-state index in [1.807, 2.05) is 22.9 Å². The molecule has 11 nitrogen and oxygen atoms in total. The quantitative estimate of drug-likeness (QED) is 0.197. The van der Waals surface area contributed by atoms with Crippen LogP contribution in [0.2, 0.25) is 0 Å². The number of likely N-dealkylation sites (tertiary alicyclic amines) is 1. The summed E-state index contributed by atoms with van der Waals surface area (Å²) in [5.41, 5.74) is 7.08. The molecule has 0 spiro atoms. The Bertz CT molecular complexity index is 1840. The lowest BCUT2D eigenvalue weighted by molar-refractivity contribution is -0.137. The molecule has 2 bridgehead atoms. The number of H-pyrrole nitrogens is 2. The molecule has 4 aromatic rings. The van der Waals surface area contributed by atoms with Gasteiger partial charge >= 0.3 is 6.09 Å². The van der Waals surface area contributed by atoms with Crippen LogP contribution in [0.1, 0.15) is 88.7 Å². The van der Waals surface area contributed by atoms with Gasteiger partial charge in [0.1, 0.15) is 17.7 Å². The van der Waals surface area contributed by atoms with Crippen LogP contribution in [0.25, 0.3) is 33.6 Å². The van der Waals surface area contributed by atoms with Crippen molar-refractivity contribution < 1.29 is 19.1 Å². The number of carbonyl (C=O) groups excluding carboxylic acids is 3. The van der Waals surface area contributed by atoms with Crippen molar-refractivity contribution in [2.75, 3.05) is 20.2 Å². The van der Waals surface area contributed by atoms with E-state index < -0.39 is 12.1 Å². The predicted molar refractivity (Wildman–Crippen MR) is 191 cm³/mol. The first-order chi connectivity index (χ1) is 24.2. The number of ether oxygens (including phenoxy) is 1. The molecule has 50 heavy (non-hydrogen) atoms. The van der Waals surface area contributed by atoms with Gasteiger partial charge in [-0.1, -0.05) is 69.3 Å². The highest BCUT2D eigenvalue weighted by Gasteiger charge is 2.38. The Labute approximate surface area is 293 Å². The van der Waals surface area contributed by atoms with Crippen molar-refractivity contribution in [1.82, 2.24) is 35.1 Å². The second kappa shape index (κ2) is 14.1. The normalized spacial score (nSPS) is 21.3. The van der Waals surface area contributed by atoms with E-state index in [0.717, 1.165) is 83.2 Å². The molecule has 7 rings (SSSR count). The minimum atomic E-state index is -0.613. The molecule has 3 N–H and O–H groups in total. The monoisotopic (exact) mass is 677 g/mol. The van der Waals surface area contributed by atoms with E-state index >= 15 is 0 Å². The summed E-state index contributed by atoms with van der Waals surface area (Å²) < 4.78 is 4.80. The Balaban J connectivity index is 1.06. The fraction of sp³-hybridized carbons (Fsp3) is 0.462. The predicted octanol–water partition coefficient (Wildman–Crippen LogP) is 6.81. The second-order valence-electron chi connectivity index (χ2n) is 14.3. The van der Waals surface area contributed by atoms with Gasteiger partial charge in [0.25, 0.3) is 0 Å². The molecular formula is C39H47N7O4. The van der Waals surface area contributed by atoms with Crippen LogP contribution in [0.3, 0.4) is 0 Å². The van der Waals surface area contributed by atoms with E-state index in [1.165, 1.54) is 7.11 Å². The smallest absolute Gasteiger partial charge is 0.407 e. The lowest BCUT2D eigenvalue weighted by Gasteiger charge is -2.28. The van der Waals surface area contributed by atoms with Crippen LogP contribution in [0.5, 0.6) is 0 Å². The van der Waals surface area contributed by atoms with Crippen LogP contribution in [0.15, 0.2) is 54.7 Å². The van der Waals surface area contributed by atoms with Crippen LogP contribution in [-0.4, -0.2) is 73.9 Å². The van der Waals surface area contributed by atoms with Gasteiger partial charge in [0.15, 0.2) is 0 Å². The maximum absolute atomic E-state index is 13.5. The number of aryl methyl sites for hydroxylation is 1. The fourth-order valence-corrected chi connectivity index (χ4v) is 7.63. The molecule has 4 atom stereocenters. The number of alkyl carbamates (subject to hydrolysis) is 1. The highest BCUT2D eigenvalue weighted by molar-refractivity contribution is 5.86. The molecule has 2 fully saturated rings. The van der Waals surface area contributed by atoms with Crippen LogP contribution in [-0.2, 0) is 20.7 Å². The van der Waals surface area contributed by atoms with Gasteiger partial charge in [-0.2, -0.15) is 0 Å². The molecule has 0 radical (unpaired) electrons. The Morgan fingerprint density at radius 2 is 1.50 bits per heavy atom. The second-order valence-corrected chi connectivity index (χ2v) is 14.3.